The number of amides is 1. The number of carbonyl (C=O) groups is 1. The molecule has 1 unspecified atom stereocenters. The number of methoxy groups -OCH3 is 2. The molecule has 0 aliphatic carbocycles. The minimum atomic E-state index is -0.115. The van der Waals surface area contributed by atoms with E-state index in [1.54, 1.807) is 19.6 Å². The number of hydrogen-bond acceptors (Lipinski definition) is 6. The van der Waals surface area contributed by atoms with Crippen molar-refractivity contribution < 1.29 is 14.3 Å². The molecule has 1 amide bonds. The molecule has 1 aromatic heterocycles. The molecule has 1 aliphatic rings. The first-order valence-electron chi connectivity index (χ1n) is 9.36. The summed E-state index contributed by atoms with van der Waals surface area (Å²) in [5.41, 5.74) is 1.36. The average molecular weight is 390 g/mol. The molecule has 6 nitrogen and oxygen atoms in total. The molecule has 0 bridgehead atoms. The van der Waals surface area contributed by atoms with Crippen LogP contribution in [0.5, 0.6) is 11.5 Å². The summed E-state index contributed by atoms with van der Waals surface area (Å²) in [6, 6.07) is 6.04. The summed E-state index contributed by atoms with van der Waals surface area (Å²) in [6.45, 7) is 5.11. The second-order valence-corrected chi connectivity index (χ2v) is 7.48. The standard InChI is InChI=1S/C20H27N3O3S/c1-4-15(23-9-5-6-10-23)12-21-19(24)16-13-27-20(22-16)14-7-8-17(25-2)18(11-14)26-3/h7-8,11,13,15H,4-6,9-10,12H2,1-3H3,(H,21,24). The van der Waals surface area contributed by atoms with E-state index in [-0.39, 0.29) is 5.91 Å². The summed E-state index contributed by atoms with van der Waals surface area (Å²) in [6.07, 6.45) is 3.55. The maximum Gasteiger partial charge on any atom is 0.270 e. The Morgan fingerprint density at radius 3 is 2.67 bits per heavy atom. The molecule has 1 fully saturated rings. The zero-order valence-corrected chi connectivity index (χ0v) is 17.0. The van der Waals surface area contributed by atoms with E-state index in [1.165, 1.54) is 24.2 Å². The summed E-state index contributed by atoms with van der Waals surface area (Å²) >= 11 is 1.45. The van der Waals surface area contributed by atoms with E-state index in [0.29, 0.717) is 29.8 Å². The molecule has 0 radical (unpaired) electrons. The minimum absolute atomic E-state index is 0.115. The van der Waals surface area contributed by atoms with Crippen LogP contribution in [-0.2, 0) is 0 Å². The van der Waals surface area contributed by atoms with Crippen molar-refractivity contribution >= 4 is 17.2 Å². The summed E-state index contributed by atoms with van der Waals surface area (Å²) < 4.78 is 10.6. The van der Waals surface area contributed by atoms with Gasteiger partial charge in [-0.15, -0.1) is 11.3 Å². The Kier molecular flexibility index (Phi) is 6.68. The Labute approximate surface area is 164 Å². The van der Waals surface area contributed by atoms with Gasteiger partial charge in [0.15, 0.2) is 11.5 Å². The van der Waals surface area contributed by atoms with Gasteiger partial charge in [0.2, 0.25) is 0 Å². The lowest BCUT2D eigenvalue weighted by atomic mass is 10.2. The van der Waals surface area contributed by atoms with Crippen LogP contribution in [-0.4, -0.2) is 55.7 Å². The molecular formula is C20H27N3O3S. The number of nitrogens with zero attached hydrogens (tertiary/aromatic N) is 2. The molecule has 27 heavy (non-hydrogen) atoms. The largest absolute Gasteiger partial charge is 0.493 e. The highest BCUT2D eigenvalue weighted by Crippen LogP contribution is 2.33. The van der Waals surface area contributed by atoms with Gasteiger partial charge in [0.1, 0.15) is 10.7 Å². The topological polar surface area (TPSA) is 63.7 Å². The van der Waals surface area contributed by atoms with Gasteiger partial charge >= 0.3 is 0 Å². The molecule has 1 saturated heterocycles. The van der Waals surface area contributed by atoms with Crippen LogP contribution in [0.3, 0.4) is 0 Å². The first kappa shape index (κ1) is 19.6. The van der Waals surface area contributed by atoms with E-state index in [4.69, 9.17) is 9.47 Å². The molecule has 0 saturated carbocycles. The van der Waals surface area contributed by atoms with E-state index >= 15 is 0 Å². The van der Waals surface area contributed by atoms with Crippen molar-refractivity contribution in [2.75, 3.05) is 33.9 Å². The lowest BCUT2D eigenvalue weighted by Crippen LogP contribution is -2.42. The number of hydrogen-bond donors (Lipinski definition) is 1. The van der Waals surface area contributed by atoms with Crippen molar-refractivity contribution in [2.45, 2.75) is 32.2 Å². The fraction of sp³-hybridized carbons (Fsp3) is 0.500. The average Bonchev–Trinajstić information content (AvgIpc) is 3.40. The molecule has 1 N–H and O–H groups in total. The van der Waals surface area contributed by atoms with Gasteiger partial charge in [-0.3, -0.25) is 9.69 Å². The number of thiazole rings is 1. The number of benzene rings is 1. The summed E-state index contributed by atoms with van der Waals surface area (Å²) in [4.78, 5) is 19.5. The summed E-state index contributed by atoms with van der Waals surface area (Å²) in [7, 11) is 3.21. The van der Waals surface area contributed by atoms with Crippen molar-refractivity contribution in [1.82, 2.24) is 15.2 Å². The molecule has 1 aliphatic heterocycles. The molecular weight excluding hydrogens is 362 g/mol. The molecule has 7 heteroatoms. The third-order valence-electron chi connectivity index (χ3n) is 4.99. The molecule has 1 atom stereocenters. The second-order valence-electron chi connectivity index (χ2n) is 6.62. The Morgan fingerprint density at radius 2 is 2.00 bits per heavy atom. The molecule has 2 heterocycles. The van der Waals surface area contributed by atoms with Crippen LogP contribution >= 0.6 is 11.3 Å². The van der Waals surface area contributed by atoms with Gasteiger partial charge in [-0.05, 0) is 50.6 Å². The van der Waals surface area contributed by atoms with Gasteiger partial charge < -0.3 is 14.8 Å². The Morgan fingerprint density at radius 1 is 1.26 bits per heavy atom. The fourth-order valence-electron chi connectivity index (χ4n) is 3.42. The summed E-state index contributed by atoms with van der Waals surface area (Å²) in [5.74, 6) is 1.20. The lowest BCUT2D eigenvalue weighted by molar-refractivity contribution is 0.0933. The first-order chi connectivity index (χ1) is 13.2. The SMILES string of the molecule is CCC(CNC(=O)c1csc(-c2ccc(OC)c(OC)c2)n1)N1CCCC1. The van der Waals surface area contributed by atoms with Gasteiger partial charge in [0, 0.05) is 23.5 Å². The van der Waals surface area contributed by atoms with E-state index in [1.807, 2.05) is 18.2 Å². The minimum Gasteiger partial charge on any atom is -0.493 e. The third kappa shape index (κ3) is 4.59. The van der Waals surface area contributed by atoms with Crippen molar-refractivity contribution in [3.05, 3.63) is 29.3 Å². The predicted molar refractivity (Wildman–Crippen MR) is 108 cm³/mol. The highest BCUT2D eigenvalue weighted by molar-refractivity contribution is 7.13. The molecule has 1 aromatic carbocycles. The maximum absolute atomic E-state index is 12.5. The van der Waals surface area contributed by atoms with Crippen LogP contribution in [0.2, 0.25) is 0 Å². The lowest BCUT2D eigenvalue weighted by Gasteiger charge is -2.26. The van der Waals surface area contributed by atoms with E-state index in [0.717, 1.165) is 30.1 Å². The maximum atomic E-state index is 12.5. The van der Waals surface area contributed by atoms with Crippen LogP contribution in [0.25, 0.3) is 10.6 Å². The van der Waals surface area contributed by atoms with Gasteiger partial charge in [-0.1, -0.05) is 6.92 Å². The smallest absolute Gasteiger partial charge is 0.270 e. The normalized spacial score (nSPS) is 15.5. The van der Waals surface area contributed by atoms with E-state index in [9.17, 15) is 4.79 Å². The van der Waals surface area contributed by atoms with Crippen molar-refractivity contribution in [3.63, 3.8) is 0 Å². The van der Waals surface area contributed by atoms with Crippen LogP contribution in [0.15, 0.2) is 23.6 Å². The van der Waals surface area contributed by atoms with Gasteiger partial charge in [-0.25, -0.2) is 4.98 Å². The van der Waals surface area contributed by atoms with Crippen LogP contribution in [0.4, 0.5) is 0 Å². The Balaban J connectivity index is 1.65. The van der Waals surface area contributed by atoms with Gasteiger partial charge in [-0.2, -0.15) is 0 Å². The zero-order valence-electron chi connectivity index (χ0n) is 16.2. The number of carbonyl (C=O) groups excluding carboxylic acids is 1. The Bertz CT molecular complexity index is 772. The second kappa shape index (κ2) is 9.19. The van der Waals surface area contributed by atoms with Crippen LogP contribution in [0.1, 0.15) is 36.7 Å². The monoisotopic (exact) mass is 389 g/mol. The van der Waals surface area contributed by atoms with Crippen LogP contribution < -0.4 is 14.8 Å². The number of rotatable bonds is 8. The van der Waals surface area contributed by atoms with Crippen molar-refractivity contribution in [1.29, 1.82) is 0 Å². The molecule has 3 rings (SSSR count). The number of nitrogens with one attached hydrogen (secondary N) is 1. The van der Waals surface area contributed by atoms with E-state index in [2.05, 4.69) is 22.1 Å². The first-order valence-corrected chi connectivity index (χ1v) is 10.2. The zero-order chi connectivity index (χ0) is 19.2. The number of aromatic nitrogens is 1. The van der Waals surface area contributed by atoms with Gasteiger partial charge in [0.25, 0.3) is 5.91 Å². The molecule has 2 aromatic rings. The van der Waals surface area contributed by atoms with Crippen LogP contribution in [0, 0.1) is 0 Å². The third-order valence-corrected chi connectivity index (χ3v) is 5.89. The molecule has 0 spiro atoms. The summed E-state index contributed by atoms with van der Waals surface area (Å²) in [5, 5.41) is 5.64. The predicted octanol–water partition coefficient (Wildman–Crippen LogP) is 3.43. The highest BCUT2D eigenvalue weighted by atomic mass is 32.1. The van der Waals surface area contributed by atoms with Crippen molar-refractivity contribution in [2.24, 2.45) is 0 Å². The quantitative estimate of drug-likeness (QED) is 0.749. The molecule has 146 valence electrons. The van der Waals surface area contributed by atoms with Gasteiger partial charge in [0.05, 0.1) is 14.2 Å². The fourth-order valence-corrected chi connectivity index (χ4v) is 4.22. The Hall–Kier alpha value is -2.12. The van der Waals surface area contributed by atoms with E-state index < -0.39 is 0 Å². The van der Waals surface area contributed by atoms with Crippen molar-refractivity contribution in [3.8, 4) is 22.1 Å². The highest BCUT2D eigenvalue weighted by Gasteiger charge is 2.21. The number of likely N-dealkylation sites (tertiary alicyclic amines) is 1. The number of ether oxygens (including phenoxy) is 2.